The van der Waals surface area contributed by atoms with Crippen LogP contribution in [0, 0.1) is 18.3 Å². The second-order valence-corrected chi connectivity index (χ2v) is 5.51. The fraction of sp³-hybridized carbons (Fsp3) is 0.222. The maximum absolute atomic E-state index is 13.7. The number of nitriles is 1. The zero-order valence-corrected chi connectivity index (χ0v) is 14.4. The van der Waals surface area contributed by atoms with Crippen LogP contribution in [-0.4, -0.2) is 24.1 Å². The van der Waals surface area contributed by atoms with Crippen LogP contribution >= 0.6 is 0 Å². The minimum absolute atomic E-state index is 0.184. The molecular formula is C18H19FN6. The maximum Gasteiger partial charge on any atom is 0.132 e. The zero-order chi connectivity index (χ0) is 18.4. The Morgan fingerprint density at radius 3 is 2.80 bits per heavy atom. The molecule has 0 aromatic carbocycles. The SMILES string of the molecule is C=C(C)/C(F)=C\C(C#N)=C(/C)Nc1cnc(C)c(N2CN=CC=N2)c1. The van der Waals surface area contributed by atoms with Gasteiger partial charge in [0.05, 0.1) is 35.1 Å². The van der Waals surface area contributed by atoms with Crippen molar-refractivity contribution in [2.24, 2.45) is 10.1 Å². The van der Waals surface area contributed by atoms with Gasteiger partial charge in [0.2, 0.25) is 0 Å². The van der Waals surface area contributed by atoms with Gasteiger partial charge >= 0.3 is 0 Å². The number of nitrogens with zero attached hydrogens (tertiary/aromatic N) is 5. The first kappa shape index (κ1) is 18.1. The minimum atomic E-state index is -0.527. The van der Waals surface area contributed by atoms with E-state index in [0.29, 0.717) is 18.1 Å². The first-order valence-corrected chi connectivity index (χ1v) is 7.60. The molecule has 0 saturated carbocycles. The van der Waals surface area contributed by atoms with Gasteiger partial charge in [-0.1, -0.05) is 6.58 Å². The molecule has 2 rings (SSSR count). The smallest absolute Gasteiger partial charge is 0.132 e. The predicted molar refractivity (Wildman–Crippen MR) is 99.2 cm³/mol. The van der Waals surface area contributed by atoms with Gasteiger partial charge in [-0.2, -0.15) is 10.4 Å². The summed E-state index contributed by atoms with van der Waals surface area (Å²) in [6.45, 7) is 9.05. The second kappa shape index (κ2) is 8.02. The van der Waals surface area contributed by atoms with Crippen molar-refractivity contribution < 1.29 is 4.39 Å². The summed E-state index contributed by atoms with van der Waals surface area (Å²) in [5.41, 5.74) is 3.23. The number of aliphatic imine (C=N–C) groups is 1. The van der Waals surface area contributed by atoms with E-state index in [-0.39, 0.29) is 11.1 Å². The van der Waals surface area contributed by atoms with Crippen LogP contribution in [0.3, 0.4) is 0 Å². The Morgan fingerprint density at radius 1 is 1.44 bits per heavy atom. The summed E-state index contributed by atoms with van der Waals surface area (Å²) in [6, 6.07) is 3.84. The Hall–Kier alpha value is -3.27. The molecule has 0 radical (unpaired) electrons. The number of halogens is 1. The third-order valence-corrected chi connectivity index (χ3v) is 3.47. The molecule has 1 aromatic rings. The third kappa shape index (κ3) is 4.61. The van der Waals surface area contributed by atoms with Crippen LogP contribution < -0.4 is 10.3 Å². The number of rotatable bonds is 5. The lowest BCUT2D eigenvalue weighted by molar-refractivity contribution is 0.652. The van der Waals surface area contributed by atoms with Crippen molar-refractivity contribution >= 4 is 23.8 Å². The van der Waals surface area contributed by atoms with Gasteiger partial charge in [-0.05, 0) is 38.5 Å². The van der Waals surface area contributed by atoms with Gasteiger partial charge in [-0.3, -0.25) is 9.98 Å². The molecule has 0 bridgehead atoms. The summed E-state index contributed by atoms with van der Waals surface area (Å²) in [6.07, 6.45) is 6.05. The van der Waals surface area contributed by atoms with Crippen LogP contribution in [0.4, 0.5) is 15.8 Å². The van der Waals surface area contributed by atoms with Crippen molar-refractivity contribution in [1.82, 2.24) is 4.98 Å². The molecule has 0 saturated heterocycles. The Kier molecular flexibility index (Phi) is 5.79. The van der Waals surface area contributed by atoms with Gasteiger partial charge in [-0.15, -0.1) is 0 Å². The summed E-state index contributed by atoms with van der Waals surface area (Å²) in [7, 11) is 0. The van der Waals surface area contributed by atoms with Gasteiger partial charge in [0, 0.05) is 11.9 Å². The van der Waals surface area contributed by atoms with Gasteiger partial charge in [0.25, 0.3) is 0 Å². The van der Waals surface area contributed by atoms with Crippen LogP contribution in [-0.2, 0) is 0 Å². The van der Waals surface area contributed by atoms with E-state index >= 15 is 0 Å². The van der Waals surface area contributed by atoms with Crippen LogP contribution in [0.25, 0.3) is 0 Å². The first-order valence-electron chi connectivity index (χ1n) is 7.60. The summed E-state index contributed by atoms with van der Waals surface area (Å²) >= 11 is 0. The number of nitrogens with one attached hydrogen (secondary N) is 1. The highest BCUT2D eigenvalue weighted by Crippen LogP contribution is 2.24. The van der Waals surface area contributed by atoms with E-state index in [1.807, 2.05) is 19.1 Å². The van der Waals surface area contributed by atoms with Crippen molar-refractivity contribution in [3.8, 4) is 6.07 Å². The number of allylic oxidation sites excluding steroid dienone is 5. The molecule has 1 aliphatic rings. The number of pyridine rings is 1. The van der Waals surface area contributed by atoms with Gasteiger partial charge in [-0.25, -0.2) is 9.40 Å². The zero-order valence-electron chi connectivity index (χ0n) is 14.4. The molecule has 1 aromatic heterocycles. The number of aromatic nitrogens is 1. The van der Waals surface area contributed by atoms with Gasteiger partial charge in [0.1, 0.15) is 18.6 Å². The standard InChI is InChI=1S/C18H19FN6/c1-12(2)17(19)7-15(9-20)13(3)24-16-8-18(14(4)22-10-16)25-11-21-5-6-23-25/h5-8,10,24H,1,11H2,2-4H3/b15-13-,17-7+. The summed E-state index contributed by atoms with van der Waals surface area (Å²) < 4.78 is 13.7. The van der Waals surface area contributed by atoms with Crippen molar-refractivity contribution in [3.05, 3.63) is 53.3 Å². The Bertz CT molecular complexity index is 842. The largest absolute Gasteiger partial charge is 0.357 e. The maximum atomic E-state index is 13.7. The monoisotopic (exact) mass is 338 g/mol. The topological polar surface area (TPSA) is 76.7 Å². The normalized spacial score (nSPS) is 14.8. The highest BCUT2D eigenvalue weighted by Gasteiger charge is 2.12. The molecule has 128 valence electrons. The lowest BCUT2D eigenvalue weighted by Crippen LogP contribution is -2.21. The lowest BCUT2D eigenvalue weighted by Gasteiger charge is -2.21. The van der Waals surface area contributed by atoms with Crippen LogP contribution in [0.5, 0.6) is 0 Å². The molecule has 7 heteroatoms. The molecule has 0 spiro atoms. The summed E-state index contributed by atoms with van der Waals surface area (Å²) in [5.74, 6) is -0.527. The predicted octanol–water partition coefficient (Wildman–Crippen LogP) is 3.86. The lowest BCUT2D eigenvalue weighted by atomic mass is 10.1. The molecule has 6 nitrogen and oxygen atoms in total. The van der Waals surface area contributed by atoms with Crippen molar-refractivity contribution in [2.75, 3.05) is 17.0 Å². The van der Waals surface area contributed by atoms with E-state index < -0.39 is 5.83 Å². The fourth-order valence-corrected chi connectivity index (χ4v) is 2.07. The number of hydrazone groups is 1. The molecular weight excluding hydrogens is 319 g/mol. The summed E-state index contributed by atoms with van der Waals surface area (Å²) in [4.78, 5) is 8.49. The van der Waals surface area contributed by atoms with E-state index in [9.17, 15) is 9.65 Å². The molecule has 1 aliphatic heterocycles. The van der Waals surface area contributed by atoms with Gasteiger partial charge < -0.3 is 5.32 Å². The molecule has 1 N–H and O–H groups in total. The molecule has 2 heterocycles. The average Bonchev–Trinajstić information content (AvgIpc) is 2.61. The number of aryl methyl sites for hydroxylation is 1. The molecule has 0 atom stereocenters. The molecule has 25 heavy (non-hydrogen) atoms. The summed E-state index contributed by atoms with van der Waals surface area (Å²) in [5, 5.41) is 18.3. The first-order chi connectivity index (χ1) is 11.9. The van der Waals surface area contributed by atoms with Crippen LogP contribution in [0.1, 0.15) is 19.5 Å². The van der Waals surface area contributed by atoms with E-state index in [1.54, 1.807) is 37.5 Å². The molecule has 0 unspecified atom stereocenters. The highest BCUT2D eigenvalue weighted by molar-refractivity contribution is 6.16. The molecule has 0 aliphatic carbocycles. The molecule has 0 fully saturated rings. The minimum Gasteiger partial charge on any atom is -0.357 e. The van der Waals surface area contributed by atoms with Crippen LogP contribution in [0.2, 0.25) is 0 Å². The highest BCUT2D eigenvalue weighted by atomic mass is 19.1. The Labute approximate surface area is 146 Å². The van der Waals surface area contributed by atoms with Crippen molar-refractivity contribution in [1.29, 1.82) is 5.26 Å². The average molecular weight is 338 g/mol. The van der Waals surface area contributed by atoms with E-state index in [0.717, 1.165) is 17.5 Å². The van der Waals surface area contributed by atoms with Crippen molar-refractivity contribution in [3.63, 3.8) is 0 Å². The van der Waals surface area contributed by atoms with E-state index in [4.69, 9.17) is 0 Å². The van der Waals surface area contributed by atoms with Gasteiger partial charge in [0.15, 0.2) is 0 Å². The third-order valence-electron chi connectivity index (χ3n) is 3.47. The number of anilines is 2. The second-order valence-electron chi connectivity index (χ2n) is 5.51. The van der Waals surface area contributed by atoms with E-state index in [2.05, 4.69) is 27.0 Å². The quantitative estimate of drug-likeness (QED) is 0.653. The fourth-order valence-electron chi connectivity index (χ4n) is 2.07. The van der Waals surface area contributed by atoms with E-state index in [1.165, 1.54) is 0 Å². The van der Waals surface area contributed by atoms with Crippen LogP contribution in [0.15, 0.2) is 57.7 Å². The molecule has 0 amide bonds. The Balaban J connectivity index is 2.30. The van der Waals surface area contributed by atoms with Crippen molar-refractivity contribution in [2.45, 2.75) is 20.8 Å². The Morgan fingerprint density at radius 2 is 2.20 bits per heavy atom. The number of hydrogen-bond donors (Lipinski definition) is 1. The number of hydrogen-bond acceptors (Lipinski definition) is 6.